The summed E-state index contributed by atoms with van der Waals surface area (Å²) in [5.41, 5.74) is 2.48. The Bertz CT molecular complexity index is 312. The van der Waals surface area contributed by atoms with Crippen molar-refractivity contribution in [2.24, 2.45) is 9.98 Å². The molecule has 0 saturated carbocycles. The fraction of sp³-hybridized carbons (Fsp3) is 0.333. The van der Waals surface area contributed by atoms with Crippen LogP contribution in [0.25, 0.3) is 0 Å². The summed E-state index contributed by atoms with van der Waals surface area (Å²) in [6, 6.07) is 10.4. The molecule has 0 atom stereocenters. The van der Waals surface area contributed by atoms with Crippen LogP contribution in [0.1, 0.15) is 18.9 Å². The Hall–Kier alpha value is -1.44. The Morgan fingerprint density at radius 1 is 1.29 bits per heavy atom. The predicted molar refractivity (Wildman–Crippen MR) is 62.3 cm³/mol. The molecule has 0 spiro atoms. The minimum atomic E-state index is 0.996. The molecule has 0 heterocycles. The first-order valence-electron chi connectivity index (χ1n) is 4.81. The molecule has 0 aromatic heterocycles. The maximum absolute atomic E-state index is 4.18. The van der Waals surface area contributed by atoms with Crippen LogP contribution in [0.3, 0.4) is 0 Å². The molecule has 0 saturated heterocycles. The Kier molecular flexibility index (Phi) is 4.62. The van der Waals surface area contributed by atoms with Gasteiger partial charge in [-0.2, -0.15) is 0 Å². The van der Waals surface area contributed by atoms with E-state index in [2.05, 4.69) is 34.3 Å². The SMILES string of the molecule is CN=CN=C(C)CCc1ccccc1. The van der Waals surface area contributed by atoms with Crippen LogP contribution in [-0.4, -0.2) is 19.1 Å². The summed E-state index contributed by atoms with van der Waals surface area (Å²) < 4.78 is 0. The topological polar surface area (TPSA) is 24.7 Å². The minimum Gasteiger partial charge on any atom is -0.277 e. The highest BCUT2D eigenvalue weighted by molar-refractivity contribution is 5.88. The number of aliphatic imine (C=N–C) groups is 2. The third-order valence-electron chi connectivity index (χ3n) is 2.01. The molecule has 14 heavy (non-hydrogen) atoms. The molecule has 0 amide bonds. The molecule has 0 N–H and O–H groups in total. The standard InChI is InChI=1S/C12H16N2/c1-11(14-10-13-2)8-9-12-6-4-3-5-7-12/h3-7,10H,8-9H2,1-2H3. The minimum absolute atomic E-state index is 0.996. The number of nitrogens with zero attached hydrogens (tertiary/aromatic N) is 2. The predicted octanol–water partition coefficient (Wildman–Crippen LogP) is 2.74. The molecule has 0 aliphatic carbocycles. The lowest BCUT2D eigenvalue weighted by Crippen LogP contribution is -1.95. The zero-order valence-electron chi connectivity index (χ0n) is 8.77. The van der Waals surface area contributed by atoms with Gasteiger partial charge in [0.25, 0.3) is 0 Å². The second kappa shape index (κ2) is 6.08. The van der Waals surface area contributed by atoms with Crippen LogP contribution >= 0.6 is 0 Å². The zero-order chi connectivity index (χ0) is 10.2. The summed E-state index contributed by atoms with van der Waals surface area (Å²) in [5.74, 6) is 0. The lowest BCUT2D eigenvalue weighted by molar-refractivity contribution is 1.03. The van der Waals surface area contributed by atoms with E-state index in [4.69, 9.17) is 0 Å². The molecule has 1 aromatic rings. The van der Waals surface area contributed by atoms with Gasteiger partial charge in [0.05, 0.1) is 0 Å². The van der Waals surface area contributed by atoms with Crippen LogP contribution in [-0.2, 0) is 6.42 Å². The van der Waals surface area contributed by atoms with E-state index in [1.807, 2.05) is 13.0 Å². The fourth-order valence-corrected chi connectivity index (χ4v) is 1.19. The molecule has 2 heteroatoms. The van der Waals surface area contributed by atoms with Crippen LogP contribution in [0.5, 0.6) is 0 Å². The van der Waals surface area contributed by atoms with E-state index in [1.54, 1.807) is 13.4 Å². The van der Waals surface area contributed by atoms with Gasteiger partial charge >= 0.3 is 0 Å². The first-order chi connectivity index (χ1) is 6.83. The van der Waals surface area contributed by atoms with Crippen LogP contribution in [0.2, 0.25) is 0 Å². The van der Waals surface area contributed by atoms with Crippen molar-refractivity contribution >= 4 is 12.1 Å². The van der Waals surface area contributed by atoms with Crippen molar-refractivity contribution in [2.75, 3.05) is 7.05 Å². The van der Waals surface area contributed by atoms with E-state index in [0.717, 1.165) is 18.6 Å². The monoisotopic (exact) mass is 188 g/mol. The van der Waals surface area contributed by atoms with Crippen molar-refractivity contribution < 1.29 is 0 Å². The van der Waals surface area contributed by atoms with Crippen LogP contribution in [0.4, 0.5) is 0 Å². The van der Waals surface area contributed by atoms with Crippen molar-refractivity contribution in [1.82, 2.24) is 0 Å². The molecule has 2 nitrogen and oxygen atoms in total. The highest BCUT2D eigenvalue weighted by atomic mass is 14.8. The summed E-state index contributed by atoms with van der Waals surface area (Å²) in [4.78, 5) is 8.00. The fourth-order valence-electron chi connectivity index (χ4n) is 1.19. The van der Waals surface area contributed by atoms with Crippen LogP contribution in [0, 0.1) is 0 Å². The number of benzene rings is 1. The molecular weight excluding hydrogens is 172 g/mol. The van der Waals surface area contributed by atoms with E-state index in [0.29, 0.717) is 0 Å². The number of hydrogen-bond acceptors (Lipinski definition) is 1. The van der Waals surface area contributed by atoms with Gasteiger partial charge in [-0.15, -0.1) is 0 Å². The quantitative estimate of drug-likeness (QED) is 0.512. The van der Waals surface area contributed by atoms with Crippen molar-refractivity contribution in [3.8, 4) is 0 Å². The summed E-state index contributed by atoms with van der Waals surface area (Å²) in [6.45, 7) is 2.03. The van der Waals surface area contributed by atoms with E-state index in [1.165, 1.54) is 5.56 Å². The normalized spacial score (nSPS) is 12.3. The summed E-state index contributed by atoms with van der Waals surface area (Å²) in [5, 5.41) is 0. The van der Waals surface area contributed by atoms with Crippen molar-refractivity contribution in [3.05, 3.63) is 35.9 Å². The van der Waals surface area contributed by atoms with Crippen molar-refractivity contribution in [3.63, 3.8) is 0 Å². The number of aryl methyl sites for hydroxylation is 1. The van der Waals surface area contributed by atoms with E-state index in [-0.39, 0.29) is 0 Å². The number of hydrogen-bond donors (Lipinski definition) is 0. The molecule has 0 radical (unpaired) electrons. The third-order valence-corrected chi connectivity index (χ3v) is 2.01. The van der Waals surface area contributed by atoms with Gasteiger partial charge in [0.1, 0.15) is 6.34 Å². The molecule has 0 aliphatic heterocycles. The second-order valence-corrected chi connectivity index (χ2v) is 3.22. The average molecular weight is 188 g/mol. The molecule has 0 fully saturated rings. The van der Waals surface area contributed by atoms with Gasteiger partial charge in [0.15, 0.2) is 0 Å². The van der Waals surface area contributed by atoms with E-state index in [9.17, 15) is 0 Å². The van der Waals surface area contributed by atoms with E-state index >= 15 is 0 Å². The molecule has 1 rings (SSSR count). The smallest absolute Gasteiger partial charge is 0.109 e. The zero-order valence-corrected chi connectivity index (χ0v) is 8.77. The lowest BCUT2D eigenvalue weighted by atomic mass is 10.1. The van der Waals surface area contributed by atoms with Crippen LogP contribution < -0.4 is 0 Å². The maximum Gasteiger partial charge on any atom is 0.109 e. The Morgan fingerprint density at radius 2 is 2.00 bits per heavy atom. The number of rotatable bonds is 4. The highest BCUT2D eigenvalue weighted by Crippen LogP contribution is 2.02. The maximum atomic E-state index is 4.18. The molecule has 74 valence electrons. The first-order valence-corrected chi connectivity index (χ1v) is 4.81. The van der Waals surface area contributed by atoms with Crippen molar-refractivity contribution in [1.29, 1.82) is 0 Å². The molecule has 1 aromatic carbocycles. The van der Waals surface area contributed by atoms with Crippen molar-refractivity contribution in [2.45, 2.75) is 19.8 Å². The van der Waals surface area contributed by atoms with Gasteiger partial charge in [0.2, 0.25) is 0 Å². The Balaban J connectivity index is 2.41. The lowest BCUT2D eigenvalue weighted by Gasteiger charge is -1.99. The van der Waals surface area contributed by atoms with Gasteiger partial charge in [-0.3, -0.25) is 4.99 Å². The highest BCUT2D eigenvalue weighted by Gasteiger charge is 1.93. The average Bonchev–Trinajstić information content (AvgIpc) is 2.25. The third kappa shape index (κ3) is 3.99. The molecule has 0 aliphatic rings. The summed E-state index contributed by atoms with van der Waals surface area (Å²) >= 11 is 0. The summed E-state index contributed by atoms with van der Waals surface area (Å²) in [7, 11) is 1.73. The van der Waals surface area contributed by atoms with Gasteiger partial charge in [0, 0.05) is 12.8 Å². The molecular formula is C12H16N2. The van der Waals surface area contributed by atoms with Gasteiger partial charge < -0.3 is 0 Å². The Morgan fingerprint density at radius 3 is 2.64 bits per heavy atom. The van der Waals surface area contributed by atoms with Gasteiger partial charge in [-0.25, -0.2) is 4.99 Å². The second-order valence-electron chi connectivity index (χ2n) is 3.22. The van der Waals surface area contributed by atoms with E-state index < -0.39 is 0 Å². The van der Waals surface area contributed by atoms with Crippen LogP contribution in [0.15, 0.2) is 40.3 Å². The summed E-state index contributed by atoms with van der Waals surface area (Å²) in [6.07, 6.45) is 3.64. The van der Waals surface area contributed by atoms with Gasteiger partial charge in [-0.05, 0) is 25.3 Å². The Labute approximate surface area is 85.4 Å². The van der Waals surface area contributed by atoms with Gasteiger partial charge in [-0.1, -0.05) is 30.3 Å². The largest absolute Gasteiger partial charge is 0.277 e. The first kappa shape index (κ1) is 10.6. The molecule has 0 bridgehead atoms. The molecule has 0 unspecified atom stereocenters.